The van der Waals surface area contributed by atoms with Gasteiger partial charge >= 0.3 is 0 Å². The van der Waals surface area contributed by atoms with Crippen molar-refractivity contribution in [2.24, 2.45) is 0 Å². The third-order valence-electron chi connectivity index (χ3n) is 4.93. The van der Waals surface area contributed by atoms with E-state index >= 15 is 0 Å². The third kappa shape index (κ3) is 2.77. The van der Waals surface area contributed by atoms with Crippen molar-refractivity contribution in [3.8, 4) is 0 Å². The molecule has 1 aromatic heterocycles. The van der Waals surface area contributed by atoms with Crippen LogP contribution in [-0.2, 0) is 9.59 Å². The third-order valence-corrected chi connectivity index (χ3v) is 4.93. The average Bonchev–Trinajstić information content (AvgIpc) is 3.00. The van der Waals surface area contributed by atoms with Gasteiger partial charge in [0.1, 0.15) is 12.2 Å². The largest absolute Gasteiger partial charge is 0.306 e. The molecule has 138 valence electrons. The highest BCUT2D eigenvalue weighted by Gasteiger charge is 2.53. The molecule has 0 saturated carbocycles. The zero-order chi connectivity index (χ0) is 19.0. The fourth-order valence-electron chi connectivity index (χ4n) is 3.61. The number of hydrogen-bond acceptors (Lipinski definition) is 6. The molecule has 1 saturated heterocycles. The molecule has 27 heavy (non-hydrogen) atoms. The van der Waals surface area contributed by atoms with Gasteiger partial charge in [0.25, 0.3) is 11.8 Å². The number of rotatable bonds is 4. The van der Waals surface area contributed by atoms with Crippen molar-refractivity contribution < 1.29 is 14.4 Å². The molecule has 3 heterocycles. The predicted molar refractivity (Wildman–Crippen MR) is 96.4 cm³/mol. The maximum Gasteiger partial charge on any atom is 0.258 e. The second kappa shape index (κ2) is 6.35. The highest BCUT2D eigenvalue weighted by Crippen LogP contribution is 2.43. The molecule has 1 atom stereocenters. The van der Waals surface area contributed by atoms with Crippen LogP contribution in [0.25, 0.3) is 0 Å². The molecule has 4 rings (SSSR count). The van der Waals surface area contributed by atoms with Crippen LogP contribution >= 0.6 is 0 Å². The van der Waals surface area contributed by atoms with Gasteiger partial charge in [0.2, 0.25) is 11.9 Å². The van der Waals surface area contributed by atoms with E-state index < -0.39 is 11.6 Å². The summed E-state index contributed by atoms with van der Waals surface area (Å²) < 4.78 is 0. The van der Waals surface area contributed by atoms with Crippen molar-refractivity contribution >= 4 is 29.4 Å². The van der Waals surface area contributed by atoms with Crippen molar-refractivity contribution in [3.63, 3.8) is 0 Å². The number of hydrogen-bond donors (Lipinski definition) is 2. The van der Waals surface area contributed by atoms with Gasteiger partial charge in [0, 0.05) is 18.8 Å². The lowest BCUT2D eigenvalue weighted by molar-refractivity contribution is -0.123. The van der Waals surface area contributed by atoms with Crippen LogP contribution < -0.4 is 15.8 Å². The van der Waals surface area contributed by atoms with E-state index in [4.69, 9.17) is 0 Å². The van der Waals surface area contributed by atoms with Crippen molar-refractivity contribution in [3.05, 3.63) is 48.3 Å². The summed E-state index contributed by atoms with van der Waals surface area (Å²) in [6.45, 7) is 1.61. The minimum absolute atomic E-state index is 0.0568. The topological polar surface area (TPSA) is 108 Å². The zero-order valence-electron chi connectivity index (χ0n) is 14.7. The number of amides is 3. The standard InChI is InChI=1S/C18H18N6O3/c1-18-8-7-15(26)24(18)13-6-3-2-5-12(13)16(27)23(18)11-14(25)21-22-17-19-9-4-10-20-17/h2-6,9-10H,7-8,11H2,1H3,(H,21,25)(H,19,20,22). The Kier molecular flexibility index (Phi) is 3.98. The molecule has 1 unspecified atom stereocenters. The quantitative estimate of drug-likeness (QED) is 0.779. The molecule has 2 aromatic rings. The first-order valence-electron chi connectivity index (χ1n) is 8.56. The molecule has 0 radical (unpaired) electrons. The maximum absolute atomic E-state index is 13.0. The van der Waals surface area contributed by atoms with E-state index in [2.05, 4.69) is 20.8 Å². The van der Waals surface area contributed by atoms with Gasteiger partial charge in [-0.1, -0.05) is 12.1 Å². The van der Waals surface area contributed by atoms with Gasteiger partial charge in [0.15, 0.2) is 0 Å². The summed E-state index contributed by atoms with van der Waals surface area (Å²) in [7, 11) is 0. The van der Waals surface area contributed by atoms with E-state index in [0.29, 0.717) is 24.1 Å². The van der Waals surface area contributed by atoms with Gasteiger partial charge in [-0.05, 0) is 31.5 Å². The van der Waals surface area contributed by atoms with E-state index in [1.54, 1.807) is 35.2 Å². The van der Waals surface area contributed by atoms with Gasteiger partial charge in [0.05, 0.1) is 11.3 Å². The van der Waals surface area contributed by atoms with E-state index in [1.165, 1.54) is 17.3 Å². The van der Waals surface area contributed by atoms with Crippen LogP contribution in [0.2, 0.25) is 0 Å². The SMILES string of the molecule is CC12CCC(=O)N1c1ccccc1C(=O)N2CC(=O)NNc1ncccn1. The molecule has 1 aromatic carbocycles. The molecular weight excluding hydrogens is 348 g/mol. The van der Waals surface area contributed by atoms with Gasteiger partial charge in [-0.15, -0.1) is 0 Å². The molecular formula is C18H18N6O3. The van der Waals surface area contributed by atoms with Gasteiger partial charge in [-0.25, -0.2) is 9.97 Å². The molecule has 0 bridgehead atoms. The fourth-order valence-corrected chi connectivity index (χ4v) is 3.61. The van der Waals surface area contributed by atoms with Crippen LogP contribution in [0.15, 0.2) is 42.7 Å². The first-order chi connectivity index (χ1) is 13.0. The van der Waals surface area contributed by atoms with E-state index in [-0.39, 0.29) is 24.3 Å². The summed E-state index contributed by atoms with van der Waals surface area (Å²) in [6.07, 6.45) is 3.87. The Morgan fingerprint density at radius 2 is 1.93 bits per heavy atom. The number of benzene rings is 1. The van der Waals surface area contributed by atoms with E-state index in [9.17, 15) is 14.4 Å². The minimum atomic E-state index is -0.872. The lowest BCUT2D eigenvalue weighted by atomic mass is 9.98. The Bertz CT molecular complexity index is 918. The summed E-state index contributed by atoms with van der Waals surface area (Å²) in [5.41, 5.74) is 5.24. The zero-order valence-corrected chi connectivity index (χ0v) is 14.7. The molecule has 2 aliphatic rings. The van der Waals surface area contributed by atoms with Crippen LogP contribution in [0.3, 0.4) is 0 Å². The second-order valence-electron chi connectivity index (χ2n) is 6.60. The van der Waals surface area contributed by atoms with Crippen molar-refractivity contribution in [1.29, 1.82) is 0 Å². The second-order valence-corrected chi connectivity index (χ2v) is 6.60. The fraction of sp³-hybridized carbons (Fsp3) is 0.278. The first kappa shape index (κ1) is 17.0. The number of para-hydroxylation sites is 1. The Morgan fingerprint density at radius 3 is 2.70 bits per heavy atom. The van der Waals surface area contributed by atoms with E-state index in [0.717, 1.165) is 0 Å². The Labute approximate surface area is 155 Å². The number of aromatic nitrogens is 2. The molecule has 9 heteroatoms. The number of fused-ring (bicyclic) bond motifs is 3. The van der Waals surface area contributed by atoms with Crippen molar-refractivity contribution in [2.75, 3.05) is 16.9 Å². The number of carbonyl (C=O) groups excluding carboxylic acids is 3. The lowest BCUT2D eigenvalue weighted by Crippen LogP contribution is -2.64. The van der Waals surface area contributed by atoms with Crippen molar-refractivity contribution in [2.45, 2.75) is 25.4 Å². The van der Waals surface area contributed by atoms with Crippen LogP contribution in [0, 0.1) is 0 Å². The van der Waals surface area contributed by atoms with Crippen LogP contribution in [-0.4, -0.2) is 44.8 Å². The Balaban J connectivity index is 1.57. The molecule has 0 spiro atoms. The number of hydrazine groups is 1. The molecule has 2 aliphatic heterocycles. The average molecular weight is 366 g/mol. The smallest absolute Gasteiger partial charge is 0.258 e. The molecule has 0 aliphatic carbocycles. The summed E-state index contributed by atoms with van der Waals surface area (Å²) >= 11 is 0. The van der Waals surface area contributed by atoms with Crippen LogP contribution in [0.5, 0.6) is 0 Å². The Morgan fingerprint density at radius 1 is 1.19 bits per heavy atom. The number of nitrogens with one attached hydrogen (secondary N) is 2. The minimum Gasteiger partial charge on any atom is -0.306 e. The van der Waals surface area contributed by atoms with Gasteiger partial charge in [-0.2, -0.15) is 0 Å². The number of carbonyl (C=O) groups is 3. The van der Waals surface area contributed by atoms with E-state index in [1.807, 2.05) is 6.92 Å². The van der Waals surface area contributed by atoms with Crippen LogP contribution in [0.4, 0.5) is 11.6 Å². The monoisotopic (exact) mass is 366 g/mol. The number of nitrogens with zero attached hydrogens (tertiary/aromatic N) is 4. The lowest BCUT2D eigenvalue weighted by Gasteiger charge is -2.48. The van der Waals surface area contributed by atoms with Crippen LogP contribution in [0.1, 0.15) is 30.1 Å². The van der Waals surface area contributed by atoms with Crippen molar-refractivity contribution in [1.82, 2.24) is 20.3 Å². The first-order valence-corrected chi connectivity index (χ1v) is 8.56. The maximum atomic E-state index is 13.0. The Hall–Kier alpha value is -3.49. The predicted octanol–water partition coefficient (Wildman–Crippen LogP) is 0.919. The summed E-state index contributed by atoms with van der Waals surface area (Å²) in [5.74, 6) is -0.524. The molecule has 1 fully saturated rings. The highest BCUT2D eigenvalue weighted by molar-refractivity contribution is 6.11. The number of anilines is 2. The molecule has 3 amide bonds. The summed E-state index contributed by atoms with van der Waals surface area (Å²) in [5, 5.41) is 0. The molecule has 2 N–H and O–H groups in total. The summed E-state index contributed by atoms with van der Waals surface area (Å²) in [6, 6.07) is 8.63. The highest BCUT2D eigenvalue weighted by atomic mass is 16.2. The van der Waals surface area contributed by atoms with Gasteiger partial charge in [-0.3, -0.25) is 30.1 Å². The molecule has 9 nitrogen and oxygen atoms in total. The summed E-state index contributed by atoms with van der Waals surface area (Å²) in [4.78, 5) is 48.9. The normalized spacial score (nSPS) is 20.9. The van der Waals surface area contributed by atoms with Gasteiger partial charge < -0.3 is 4.90 Å².